The number of thiol groups is 1. The number of nitrogens with zero attached hydrogens (tertiary/aromatic N) is 5. The maximum absolute atomic E-state index is 15.4. The van der Waals surface area contributed by atoms with Gasteiger partial charge in [0.2, 0.25) is 0 Å². The number of likely N-dealkylation sites (N-methyl/N-ethyl adjacent to an activating group) is 1. The van der Waals surface area contributed by atoms with E-state index in [0.717, 1.165) is 71.2 Å². The number of halogens is 2. The Morgan fingerprint density at radius 2 is 1.59 bits per heavy atom. The Morgan fingerprint density at radius 1 is 0.927 bits per heavy atom. The summed E-state index contributed by atoms with van der Waals surface area (Å²) < 4.78 is 36.2. The van der Waals surface area contributed by atoms with E-state index in [0.29, 0.717) is 23.5 Å². The third-order valence-electron chi connectivity index (χ3n) is 8.20. The summed E-state index contributed by atoms with van der Waals surface area (Å²) in [4.78, 5) is 14.0. The summed E-state index contributed by atoms with van der Waals surface area (Å²) in [6.07, 6.45) is 8.20. The number of nitrogen functional groups attached to an aromatic ring is 1. The number of piperazine rings is 1. The molecule has 218 valence electrons. The maximum Gasteiger partial charge on any atom is 0.198 e. The minimum atomic E-state index is -2.62. The van der Waals surface area contributed by atoms with E-state index in [1.54, 1.807) is 6.07 Å². The summed E-state index contributed by atoms with van der Waals surface area (Å²) in [5.74, 6) is 0.161. The summed E-state index contributed by atoms with van der Waals surface area (Å²) in [5, 5.41) is 4.87. The lowest BCUT2D eigenvalue weighted by molar-refractivity contribution is 0.0828. The number of fused-ring (bicyclic) bond motifs is 1. The summed E-state index contributed by atoms with van der Waals surface area (Å²) in [5.41, 5.74) is 10.3. The second-order valence-corrected chi connectivity index (χ2v) is 12.1. The van der Waals surface area contributed by atoms with Gasteiger partial charge in [0.1, 0.15) is 23.6 Å². The van der Waals surface area contributed by atoms with Crippen LogP contribution < -0.4 is 10.9 Å². The summed E-state index contributed by atoms with van der Waals surface area (Å²) in [6, 6.07) is 14.1. The van der Waals surface area contributed by atoms with E-state index < -0.39 is 10.9 Å². The minimum Gasteiger partial charge on any atom is -0.383 e. The molecule has 0 spiro atoms. The van der Waals surface area contributed by atoms with Crippen LogP contribution in [0.1, 0.15) is 31.7 Å². The lowest BCUT2D eigenvalue weighted by Gasteiger charge is -2.41. The van der Waals surface area contributed by atoms with Crippen molar-refractivity contribution in [1.82, 2.24) is 24.3 Å². The van der Waals surface area contributed by atoms with Crippen molar-refractivity contribution in [3.05, 3.63) is 65.3 Å². The smallest absolute Gasteiger partial charge is 0.198 e. The zero-order valence-electron chi connectivity index (χ0n) is 22.9. The van der Waals surface area contributed by atoms with E-state index in [1.807, 2.05) is 36.4 Å². The fraction of sp³-hybridized carbons (Fsp3) is 0.379. The lowest BCUT2D eigenvalue weighted by atomic mass is 9.89. The van der Waals surface area contributed by atoms with Crippen molar-refractivity contribution < 1.29 is 12.8 Å². The van der Waals surface area contributed by atoms with Crippen molar-refractivity contribution in [2.45, 2.75) is 37.8 Å². The molecule has 4 N–H and O–H groups in total. The van der Waals surface area contributed by atoms with E-state index in [-0.39, 0.29) is 5.82 Å². The van der Waals surface area contributed by atoms with Crippen molar-refractivity contribution in [2.75, 3.05) is 39.0 Å². The van der Waals surface area contributed by atoms with Gasteiger partial charge < -0.3 is 15.2 Å². The predicted octanol–water partition coefficient (Wildman–Crippen LogP) is 4.45. The third kappa shape index (κ3) is 6.62. The first-order valence-corrected chi connectivity index (χ1v) is 15.7. The van der Waals surface area contributed by atoms with Gasteiger partial charge in [0, 0.05) is 60.1 Å². The monoisotopic (exact) mass is 643 g/mol. The molecule has 0 bridgehead atoms. The standard InChI is InChI=1S/C29H32BrFN6.H3NO2S/c1-35-12-14-36(15-13-35)20-7-9-21(10-8-20)37-17-24(27-28(32)33-18-34-29(27)37)19-6-11-23(26(31)16-19)22-4-2-3-5-25(22)30;1-4(2)3/h2-6,11,16-18,20-21H,7-10,12-15H2,1H3,(H2,32,33,34);4H,(H2,1,2,3). The summed E-state index contributed by atoms with van der Waals surface area (Å²) in [6.45, 7) is 4.62. The average Bonchev–Trinajstić information content (AvgIpc) is 3.35. The van der Waals surface area contributed by atoms with Gasteiger partial charge in [0.15, 0.2) is 10.9 Å². The number of rotatable bonds is 4. The van der Waals surface area contributed by atoms with E-state index in [1.165, 1.54) is 19.2 Å². The molecule has 6 rings (SSSR count). The zero-order valence-corrected chi connectivity index (χ0v) is 25.4. The minimum absolute atomic E-state index is 0.270. The van der Waals surface area contributed by atoms with E-state index in [2.05, 4.69) is 58.6 Å². The third-order valence-corrected chi connectivity index (χ3v) is 8.89. The first-order chi connectivity index (χ1) is 19.7. The number of benzene rings is 2. The van der Waals surface area contributed by atoms with Crippen LogP contribution >= 0.6 is 15.9 Å². The van der Waals surface area contributed by atoms with Gasteiger partial charge in [0.25, 0.3) is 0 Å². The van der Waals surface area contributed by atoms with Crippen LogP contribution in [0.2, 0.25) is 0 Å². The quantitative estimate of drug-likeness (QED) is 0.281. The molecule has 0 radical (unpaired) electrons. The number of anilines is 1. The van der Waals surface area contributed by atoms with Crippen LogP contribution in [0.4, 0.5) is 10.2 Å². The Hall–Kier alpha value is -2.90. The van der Waals surface area contributed by atoms with E-state index in [9.17, 15) is 0 Å². The summed E-state index contributed by atoms with van der Waals surface area (Å²) in [7, 11) is -0.415. The Bertz CT molecular complexity index is 1590. The fourth-order valence-electron chi connectivity index (χ4n) is 6.07. The molecule has 0 atom stereocenters. The van der Waals surface area contributed by atoms with Gasteiger partial charge in [-0.3, -0.25) is 4.90 Å². The van der Waals surface area contributed by atoms with Crippen molar-refractivity contribution in [1.29, 1.82) is 0 Å². The highest BCUT2D eigenvalue weighted by molar-refractivity contribution is 9.10. The highest BCUT2D eigenvalue weighted by atomic mass is 79.9. The van der Waals surface area contributed by atoms with Crippen LogP contribution in [0.25, 0.3) is 33.3 Å². The van der Waals surface area contributed by atoms with Crippen molar-refractivity contribution >= 4 is 43.7 Å². The van der Waals surface area contributed by atoms with Crippen molar-refractivity contribution in [3.63, 3.8) is 0 Å². The van der Waals surface area contributed by atoms with Gasteiger partial charge in [-0.2, -0.15) is 0 Å². The number of hydrogen-bond acceptors (Lipinski definition) is 7. The Kier molecular flexibility index (Phi) is 9.35. The van der Waals surface area contributed by atoms with Crippen LogP contribution in [0.5, 0.6) is 0 Å². The van der Waals surface area contributed by atoms with Gasteiger partial charge >= 0.3 is 0 Å². The molecular weight excluding hydrogens is 609 g/mol. The van der Waals surface area contributed by atoms with Crippen LogP contribution in [0.15, 0.2) is 59.5 Å². The molecule has 2 fully saturated rings. The molecule has 1 aliphatic carbocycles. The van der Waals surface area contributed by atoms with Gasteiger partial charge in [-0.05, 0) is 56.0 Å². The fourth-order valence-corrected chi connectivity index (χ4v) is 6.57. The molecule has 2 aliphatic rings. The van der Waals surface area contributed by atoms with E-state index in [4.69, 9.17) is 14.2 Å². The van der Waals surface area contributed by atoms with Crippen LogP contribution in [0.3, 0.4) is 0 Å². The average molecular weight is 645 g/mol. The molecule has 0 amide bonds. The molecule has 1 aliphatic heterocycles. The van der Waals surface area contributed by atoms with Crippen molar-refractivity contribution in [2.24, 2.45) is 5.14 Å². The molecule has 9 nitrogen and oxygen atoms in total. The van der Waals surface area contributed by atoms with Gasteiger partial charge in [-0.25, -0.2) is 27.9 Å². The van der Waals surface area contributed by atoms with Crippen LogP contribution in [-0.2, 0) is 10.9 Å². The first-order valence-electron chi connectivity index (χ1n) is 13.7. The topological polar surface area (TPSA) is 123 Å². The number of nitrogens with two attached hydrogens (primary N) is 2. The highest BCUT2D eigenvalue weighted by Gasteiger charge is 2.30. The first kappa shape index (κ1) is 29.6. The normalized spacial score (nSPS) is 20.2. The highest BCUT2D eigenvalue weighted by Crippen LogP contribution is 2.40. The second-order valence-electron chi connectivity index (χ2n) is 10.7. The van der Waals surface area contributed by atoms with Gasteiger partial charge in [-0.1, -0.05) is 46.3 Å². The predicted molar refractivity (Wildman–Crippen MR) is 165 cm³/mol. The van der Waals surface area contributed by atoms with E-state index >= 15 is 4.39 Å². The van der Waals surface area contributed by atoms with Crippen LogP contribution in [-0.4, -0.2) is 72.0 Å². The zero-order chi connectivity index (χ0) is 29.1. The summed E-state index contributed by atoms with van der Waals surface area (Å²) >= 11 is 3.54. The maximum atomic E-state index is 15.4. The van der Waals surface area contributed by atoms with Crippen LogP contribution in [0, 0.1) is 5.82 Å². The van der Waals surface area contributed by atoms with Crippen molar-refractivity contribution in [3.8, 4) is 22.3 Å². The molecule has 0 unspecified atom stereocenters. The Morgan fingerprint density at radius 3 is 2.24 bits per heavy atom. The lowest BCUT2D eigenvalue weighted by Crippen LogP contribution is -2.49. The SMILES string of the molecule is CN1CCN(C2CCC(n3cc(-c4ccc(-c5ccccc5Br)c(F)c4)c4c(N)ncnc43)CC2)CC1.N[SH](=O)=O. The number of aromatic nitrogens is 3. The Balaban J connectivity index is 0.000000794. The molecule has 12 heteroatoms. The van der Waals surface area contributed by atoms with Gasteiger partial charge in [0.05, 0.1) is 5.39 Å². The molecule has 1 saturated carbocycles. The molecule has 1 saturated heterocycles. The van der Waals surface area contributed by atoms with Gasteiger partial charge in [-0.15, -0.1) is 0 Å². The molecule has 3 heterocycles. The molecule has 4 aromatic rings. The molecule has 2 aromatic carbocycles. The number of hydrogen-bond donors (Lipinski definition) is 3. The molecule has 2 aromatic heterocycles. The Labute approximate surface area is 249 Å². The molecular formula is C29H35BrFN7O2S. The largest absolute Gasteiger partial charge is 0.383 e. The second kappa shape index (κ2) is 13.0. The molecule has 41 heavy (non-hydrogen) atoms.